The van der Waals surface area contributed by atoms with Gasteiger partial charge in [0.25, 0.3) is 0 Å². The Morgan fingerprint density at radius 1 is 0.828 bits per heavy atom. The first-order valence-electron chi connectivity index (χ1n) is 10.4. The highest BCUT2D eigenvalue weighted by atomic mass is 14.8. The van der Waals surface area contributed by atoms with Gasteiger partial charge in [0, 0.05) is 6.20 Å². The fourth-order valence-corrected chi connectivity index (χ4v) is 4.38. The minimum Gasteiger partial charge on any atom is -0.279 e. The summed E-state index contributed by atoms with van der Waals surface area (Å²) < 4.78 is 0. The van der Waals surface area contributed by atoms with Crippen LogP contribution in [0.3, 0.4) is 0 Å². The Labute approximate surface area is 171 Å². The minimum atomic E-state index is 0.737. The summed E-state index contributed by atoms with van der Waals surface area (Å²) >= 11 is 0. The summed E-state index contributed by atoms with van der Waals surface area (Å²) in [5.41, 5.74) is 9.03. The number of nitrogens with zero attached hydrogens (tertiary/aromatic N) is 2. The molecule has 0 N–H and O–H groups in total. The van der Waals surface area contributed by atoms with Crippen LogP contribution in [0.15, 0.2) is 94.6 Å². The van der Waals surface area contributed by atoms with Crippen LogP contribution < -0.4 is 10.7 Å². The van der Waals surface area contributed by atoms with Gasteiger partial charge in [-0.3, -0.25) is 9.98 Å². The summed E-state index contributed by atoms with van der Waals surface area (Å²) in [5, 5.41) is 1.94. The quantitative estimate of drug-likeness (QED) is 0.623. The third-order valence-electron chi connectivity index (χ3n) is 5.82. The number of fused-ring (bicyclic) bond motifs is 6. The van der Waals surface area contributed by atoms with Gasteiger partial charge in [-0.1, -0.05) is 60.7 Å². The normalized spacial score (nSPS) is 17.5. The summed E-state index contributed by atoms with van der Waals surface area (Å²) in [7, 11) is 0. The third kappa shape index (κ3) is 3.58. The minimum absolute atomic E-state index is 0.737. The van der Waals surface area contributed by atoms with E-state index in [9.17, 15) is 0 Å². The van der Waals surface area contributed by atoms with Crippen LogP contribution in [0.2, 0.25) is 0 Å². The molecule has 1 aliphatic heterocycles. The van der Waals surface area contributed by atoms with Crippen molar-refractivity contribution in [3.63, 3.8) is 0 Å². The largest absolute Gasteiger partial charge is 0.279 e. The SMILES string of the molecule is C1=CCC2=CCc3c(ccc4c3CCC=C4)C2=C1.C1=CN=c2ccccc2=NC1. The van der Waals surface area contributed by atoms with E-state index in [0.717, 1.165) is 30.1 Å². The Bertz CT molecular complexity index is 1220. The van der Waals surface area contributed by atoms with E-state index in [0.29, 0.717) is 0 Å². The molecule has 0 bridgehead atoms. The fraction of sp³-hybridized carbons (Fsp3) is 0.185. The lowest BCUT2D eigenvalue weighted by Crippen LogP contribution is -2.23. The Morgan fingerprint density at radius 2 is 1.76 bits per heavy atom. The van der Waals surface area contributed by atoms with Gasteiger partial charge in [-0.05, 0) is 77.3 Å². The predicted molar refractivity (Wildman–Crippen MR) is 120 cm³/mol. The molecule has 0 atom stereocenters. The number of benzene rings is 2. The van der Waals surface area contributed by atoms with Crippen LogP contribution in [-0.4, -0.2) is 6.54 Å². The summed E-state index contributed by atoms with van der Waals surface area (Å²) in [6, 6.07) is 12.5. The smallest absolute Gasteiger partial charge is 0.0881 e. The highest BCUT2D eigenvalue weighted by Crippen LogP contribution is 2.39. The summed E-state index contributed by atoms with van der Waals surface area (Å²) in [6.45, 7) is 0.737. The Hall–Kier alpha value is -3.26. The summed E-state index contributed by atoms with van der Waals surface area (Å²) in [4.78, 5) is 8.52. The van der Waals surface area contributed by atoms with E-state index in [2.05, 4.69) is 58.6 Å². The second kappa shape index (κ2) is 8.00. The van der Waals surface area contributed by atoms with E-state index in [4.69, 9.17) is 0 Å². The monoisotopic (exact) mass is 376 g/mol. The zero-order valence-electron chi connectivity index (χ0n) is 16.5. The first-order chi connectivity index (χ1) is 14.4. The molecule has 0 radical (unpaired) electrons. The number of hydrogen-bond donors (Lipinski definition) is 0. The lowest BCUT2D eigenvalue weighted by atomic mass is 9.78. The van der Waals surface area contributed by atoms with Crippen molar-refractivity contribution < 1.29 is 0 Å². The first-order valence-corrected chi connectivity index (χ1v) is 10.4. The van der Waals surface area contributed by atoms with Gasteiger partial charge < -0.3 is 0 Å². The van der Waals surface area contributed by atoms with Crippen LogP contribution in [0.25, 0.3) is 11.6 Å². The molecule has 0 fully saturated rings. The van der Waals surface area contributed by atoms with E-state index < -0.39 is 0 Å². The maximum Gasteiger partial charge on any atom is 0.0881 e. The molecular formula is C27H24N2. The average molecular weight is 377 g/mol. The molecular weight excluding hydrogens is 352 g/mol. The number of rotatable bonds is 0. The Morgan fingerprint density at radius 3 is 2.72 bits per heavy atom. The van der Waals surface area contributed by atoms with Crippen LogP contribution in [0.4, 0.5) is 0 Å². The van der Waals surface area contributed by atoms with Crippen LogP contribution >= 0.6 is 0 Å². The molecule has 0 spiro atoms. The standard InChI is InChI=1S/C18H16.C9H8N2/c1-3-7-15-13(5-1)9-11-18-16-8-4-2-6-14(16)10-12-17(15)18;1-2-5-9-8(4-1)10-6-3-7-11-9/h1-3,6-7,9-10,12H,4-5,8,11H2;1-6H,7H2. The van der Waals surface area contributed by atoms with Gasteiger partial charge in [0.05, 0.1) is 17.3 Å². The molecule has 142 valence electrons. The summed E-state index contributed by atoms with van der Waals surface area (Å²) in [5.74, 6) is 0. The number of hydrogen-bond acceptors (Lipinski definition) is 2. The van der Waals surface area contributed by atoms with E-state index in [1.54, 1.807) is 17.3 Å². The van der Waals surface area contributed by atoms with Crippen LogP contribution in [0.5, 0.6) is 0 Å². The van der Waals surface area contributed by atoms with Crippen molar-refractivity contribution >= 4 is 11.6 Å². The fourth-order valence-electron chi connectivity index (χ4n) is 4.38. The predicted octanol–water partition coefficient (Wildman–Crippen LogP) is 4.92. The zero-order chi connectivity index (χ0) is 19.5. The maximum atomic E-state index is 4.31. The zero-order valence-corrected chi connectivity index (χ0v) is 16.5. The lowest BCUT2D eigenvalue weighted by Gasteiger charge is -2.26. The van der Waals surface area contributed by atoms with Crippen molar-refractivity contribution in [3.8, 4) is 0 Å². The number of para-hydroxylation sites is 2. The molecule has 6 rings (SSSR count). The molecule has 0 aromatic heterocycles. The molecule has 2 aromatic carbocycles. The molecule has 0 saturated carbocycles. The molecule has 0 saturated heterocycles. The van der Waals surface area contributed by atoms with Crippen molar-refractivity contribution in [2.45, 2.75) is 25.7 Å². The first kappa shape index (κ1) is 17.8. The van der Waals surface area contributed by atoms with Crippen molar-refractivity contribution in [1.29, 1.82) is 0 Å². The molecule has 1 heterocycles. The van der Waals surface area contributed by atoms with E-state index in [-0.39, 0.29) is 0 Å². The molecule has 2 aromatic rings. The molecule has 0 unspecified atom stereocenters. The maximum absolute atomic E-state index is 4.31. The van der Waals surface area contributed by atoms with Crippen LogP contribution in [0.1, 0.15) is 35.1 Å². The van der Waals surface area contributed by atoms with Gasteiger partial charge in [-0.2, -0.15) is 0 Å². The average Bonchev–Trinajstić information content (AvgIpc) is 3.05. The highest BCUT2D eigenvalue weighted by molar-refractivity contribution is 5.86. The molecule has 0 amide bonds. The highest BCUT2D eigenvalue weighted by Gasteiger charge is 2.21. The van der Waals surface area contributed by atoms with Crippen molar-refractivity contribution in [2.24, 2.45) is 9.98 Å². The van der Waals surface area contributed by atoms with Crippen LogP contribution in [0, 0.1) is 0 Å². The van der Waals surface area contributed by atoms with E-state index >= 15 is 0 Å². The van der Waals surface area contributed by atoms with Gasteiger partial charge in [0.15, 0.2) is 0 Å². The molecule has 2 heteroatoms. The van der Waals surface area contributed by atoms with Gasteiger partial charge in [-0.15, -0.1) is 0 Å². The molecule has 2 nitrogen and oxygen atoms in total. The second-order valence-corrected chi connectivity index (χ2v) is 7.59. The lowest BCUT2D eigenvalue weighted by molar-refractivity contribution is 0.950. The Kier molecular flexibility index (Phi) is 4.92. The van der Waals surface area contributed by atoms with Crippen molar-refractivity contribution in [2.75, 3.05) is 6.54 Å². The van der Waals surface area contributed by atoms with Gasteiger partial charge >= 0.3 is 0 Å². The van der Waals surface area contributed by atoms with E-state index in [1.165, 1.54) is 35.1 Å². The van der Waals surface area contributed by atoms with Gasteiger partial charge in [0.2, 0.25) is 0 Å². The molecule has 29 heavy (non-hydrogen) atoms. The van der Waals surface area contributed by atoms with E-state index in [1.807, 2.05) is 30.3 Å². The molecule has 4 aliphatic rings. The van der Waals surface area contributed by atoms with Crippen molar-refractivity contribution in [1.82, 2.24) is 0 Å². The topological polar surface area (TPSA) is 24.7 Å². The third-order valence-corrected chi connectivity index (χ3v) is 5.82. The summed E-state index contributed by atoms with van der Waals surface area (Å²) in [6.07, 6.45) is 22.1. The van der Waals surface area contributed by atoms with Crippen LogP contribution in [-0.2, 0) is 12.8 Å². The number of allylic oxidation sites excluding steroid dienone is 7. The van der Waals surface area contributed by atoms with Gasteiger partial charge in [-0.25, -0.2) is 0 Å². The molecule has 3 aliphatic carbocycles. The Balaban J connectivity index is 0.000000142. The van der Waals surface area contributed by atoms with Gasteiger partial charge in [0.1, 0.15) is 0 Å². The second-order valence-electron chi connectivity index (χ2n) is 7.59. The van der Waals surface area contributed by atoms with Crippen molar-refractivity contribution in [3.05, 3.63) is 118 Å².